The molecule has 7 heteroatoms. The monoisotopic (exact) mass is 322 g/mol. The lowest BCUT2D eigenvalue weighted by Crippen LogP contribution is -2.47. The van der Waals surface area contributed by atoms with Crippen LogP contribution in [0.2, 0.25) is 0 Å². The molecule has 0 radical (unpaired) electrons. The first-order chi connectivity index (χ1) is 8.30. The zero-order valence-electron chi connectivity index (χ0n) is 9.91. The van der Waals surface area contributed by atoms with Gasteiger partial charge >= 0.3 is 5.97 Å². The predicted molar refractivity (Wildman–Crippen MR) is 65.2 cm³/mol. The number of alkyl halides is 2. The fraction of sp³-hybridized carbons (Fsp3) is 0.455. The minimum Gasteiger partial charge on any atom is -0.464 e. The van der Waals surface area contributed by atoms with E-state index in [4.69, 9.17) is 5.73 Å². The number of hydrogen-bond donors (Lipinski definition) is 1. The van der Waals surface area contributed by atoms with Crippen LogP contribution < -0.4 is 5.73 Å². The number of pyridine rings is 1. The molecular weight excluding hydrogens is 310 g/mol. The Kier molecular flexibility index (Phi) is 4.75. The van der Waals surface area contributed by atoms with Crippen molar-refractivity contribution < 1.29 is 18.3 Å². The van der Waals surface area contributed by atoms with Gasteiger partial charge in [-0.3, -0.25) is 5.73 Å². The predicted octanol–water partition coefficient (Wildman–Crippen LogP) is 2.13. The van der Waals surface area contributed by atoms with E-state index < -0.39 is 17.9 Å². The Bertz CT molecular complexity index is 455. The lowest BCUT2D eigenvalue weighted by atomic mass is 10.0. The SMILES string of the molecule is CCOC(=O)C(F)C(N)(F)c1nc(Br)ccc1C. The smallest absolute Gasteiger partial charge is 0.346 e. The first kappa shape index (κ1) is 15.0. The van der Waals surface area contributed by atoms with Gasteiger partial charge in [0.1, 0.15) is 10.3 Å². The molecule has 0 aliphatic carbocycles. The molecule has 0 saturated carbocycles. The lowest BCUT2D eigenvalue weighted by molar-refractivity contribution is -0.156. The van der Waals surface area contributed by atoms with Crippen molar-refractivity contribution in [1.82, 2.24) is 4.98 Å². The fourth-order valence-corrected chi connectivity index (χ4v) is 1.71. The molecule has 1 aromatic heterocycles. The number of carbonyl (C=O) groups excluding carboxylic acids is 1. The van der Waals surface area contributed by atoms with Crippen LogP contribution in [0.1, 0.15) is 18.2 Å². The van der Waals surface area contributed by atoms with Gasteiger partial charge in [-0.1, -0.05) is 6.07 Å². The molecule has 0 bridgehead atoms. The van der Waals surface area contributed by atoms with Crippen molar-refractivity contribution in [2.45, 2.75) is 25.8 Å². The highest BCUT2D eigenvalue weighted by atomic mass is 79.9. The van der Waals surface area contributed by atoms with Crippen LogP contribution >= 0.6 is 15.9 Å². The van der Waals surface area contributed by atoms with E-state index in [0.29, 0.717) is 10.2 Å². The second kappa shape index (κ2) is 5.71. The maximum atomic E-state index is 14.2. The first-order valence-electron chi connectivity index (χ1n) is 5.22. The van der Waals surface area contributed by atoms with E-state index in [-0.39, 0.29) is 12.3 Å². The van der Waals surface area contributed by atoms with Crippen LogP contribution in [0.5, 0.6) is 0 Å². The molecule has 2 unspecified atom stereocenters. The van der Waals surface area contributed by atoms with Crippen LogP contribution in [0.4, 0.5) is 8.78 Å². The average Bonchev–Trinajstić information content (AvgIpc) is 2.31. The summed E-state index contributed by atoms with van der Waals surface area (Å²) in [7, 11) is 0. The molecule has 0 aliphatic heterocycles. The van der Waals surface area contributed by atoms with Crippen molar-refractivity contribution in [3.05, 3.63) is 28.0 Å². The largest absolute Gasteiger partial charge is 0.464 e. The zero-order chi connectivity index (χ0) is 13.9. The van der Waals surface area contributed by atoms with Gasteiger partial charge in [0.15, 0.2) is 0 Å². The van der Waals surface area contributed by atoms with Crippen molar-refractivity contribution >= 4 is 21.9 Å². The summed E-state index contributed by atoms with van der Waals surface area (Å²) in [4.78, 5) is 15.0. The number of carbonyl (C=O) groups is 1. The van der Waals surface area contributed by atoms with Crippen LogP contribution in [-0.2, 0) is 15.3 Å². The third-order valence-electron chi connectivity index (χ3n) is 2.29. The maximum absolute atomic E-state index is 14.2. The molecule has 0 saturated heterocycles. The summed E-state index contributed by atoms with van der Waals surface area (Å²) < 4.78 is 32.7. The van der Waals surface area contributed by atoms with Gasteiger partial charge in [0.25, 0.3) is 0 Å². The van der Waals surface area contributed by atoms with Crippen molar-refractivity contribution in [2.24, 2.45) is 5.73 Å². The second-order valence-electron chi connectivity index (χ2n) is 3.68. The van der Waals surface area contributed by atoms with Crippen LogP contribution in [0, 0.1) is 6.92 Å². The zero-order valence-corrected chi connectivity index (χ0v) is 11.5. The number of aromatic nitrogens is 1. The third kappa shape index (κ3) is 3.02. The van der Waals surface area contributed by atoms with Gasteiger partial charge in [0.2, 0.25) is 12.0 Å². The van der Waals surface area contributed by atoms with Crippen LogP contribution in [0.25, 0.3) is 0 Å². The van der Waals surface area contributed by atoms with Gasteiger partial charge in [-0.05, 0) is 41.4 Å². The number of halogens is 3. The summed E-state index contributed by atoms with van der Waals surface area (Å²) in [5.74, 6) is -4.37. The fourth-order valence-electron chi connectivity index (χ4n) is 1.40. The van der Waals surface area contributed by atoms with Gasteiger partial charge in [0, 0.05) is 0 Å². The normalized spacial score (nSPS) is 15.9. The molecule has 1 heterocycles. The quantitative estimate of drug-likeness (QED) is 0.524. The van der Waals surface area contributed by atoms with Crippen molar-refractivity contribution in [2.75, 3.05) is 6.61 Å². The van der Waals surface area contributed by atoms with E-state index in [1.165, 1.54) is 19.9 Å². The maximum Gasteiger partial charge on any atom is 0.346 e. The number of aryl methyl sites for hydroxylation is 1. The Balaban J connectivity index is 3.11. The Morgan fingerprint density at radius 3 is 2.83 bits per heavy atom. The summed E-state index contributed by atoms with van der Waals surface area (Å²) in [6.07, 6.45) is -2.63. The average molecular weight is 323 g/mol. The van der Waals surface area contributed by atoms with Crippen molar-refractivity contribution in [3.8, 4) is 0 Å². The summed E-state index contributed by atoms with van der Waals surface area (Å²) in [6.45, 7) is 2.96. The van der Waals surface area contributed by atoms with Crippen molar-refractivity contribution in [1.29, 1.82) is 0 Å². The summed E-state index contributed by atoms with van der Waals surface area (Å²) in [5, 5.41) is 0. The van der Waals surface area contributed by atoms with Gasteiger partial charge < -0.3 is 4.74 Å². The van der Waals surface area contributed by atoms with E-state index in [1.54, 1.807) is 6.07 Å². The molecule has 1 rings (SSSR count). The van der Waals surface area contributed by atoms with Crippen molar-refractivity contribution in [3.63, 3.8) is 0 Å². The summed E-state index contributed by atoms with van der Waals surface area (Å²) in [6, 6.07) is 3.08. The summed E-state index contributed by atoms with van der Waals surface area (Å²) in [5.41, 5.74) is 5.26. The van der Waals surface area contributed by atoms with Gasteiger partial charge in [-0.15, -0.1) is 0 Å². The van der Waals surface area contributed by atoms with Crippen LogP contribution in [-0.4, -0.2) is 23.7 Å². The lowest BCUT2D eigenvalue weighted by Gasteiger charge is -2.24. The molecular formula is C11H13BrF2N2O2. The topological polar surface area (TPSA) is 65.2 Å². The number of nitrogens with two attached hydrogens (primary N) is 1. The van der Waals surface area contributed by atoms with Crippen LogP contribution in [0.3, 0.4) is 0 Å². The van der Waals surface area contributed by atoms with E-state index in [1.807, 2.05) is 0 Å². The first-order valence-corrected chi connectivity index (χ1v) is 6.02. The molecule has 0 spiro atoms. The number of rotatable bonds is 4. The molecule has 1 aromatic rings. The second-order valence-corrected chi connectivity index (χ2v) is 4.49. The van der Waals surface area contributed by atoms with Gasteiger partial charge in [-0.2, -0.15) is 0 Å². The molecule has 0 aliphatic rings. The number of nitrogens with zero attached hydrogens (tertiary/aromatic N) is 1. The van der Waals surface area contributed by atoms with E-state index >= 15 is 0 Å². The highest BCUT2D eigenvalue weighted by Crippen LogP contribution is 2.29. The Morgan fingerprint density at radius 2 is 2.28 bits per heavy atom. The molecule has 100 valence electrons. The van der Waals surface area contributed by atoms with Gasteiger partial charge in [0.05, 0.1) is 6.61 Å². The third-order valence-corrected chi connectivity index (χ3v) is 2.73. The van der Waals surface area contributed by atoms with E-state index in [2.05, 4.69) is 25.7 Å². The molecule has 0 fully saturated rings. The molecule has 0 amide bonds. The molecule has 2 N–H and O–H groups in total. The minimum atomic E-state index is -3.03. The van der Waals surface area contributed by atoms with Gasteiger partial charge in [-0.25, -0.2) is 18.6 Å². The highest BCUT2D eigenvalue weighted by Gasteiger charge is 2.46. The molecule has 2 atom stereocenters. The Hall–Kier alpha value is -1.08. The Morgan fingerprint density at radius 1 is 1.67 bits per heavy atom. The highest BCUT2D eigenvalue weighted by molar-refractivity contribution is 9.10. The minimum absolute atomic E-state index is 0.0553. The molecule has 4 nitrogen and oxygen atoms in total. The van der Waals surface area contributed by atoms with E-state index in [0.717, 1.165) is 0 Å². The number of hydrogen-bond acceptors (Lipinski definition) is 4. The van der Waals surface area contributed by atoms with Crippen LogP contribution in [0.15, 0.2) is 16.7 Å². The standard InChI is InChI=1S/C11H13BrF2N2O2/c1-3-18-10(17)8(13)11(14,15)9-6(2)4-5-7(12)16-9/h4-5,8H,3,15H2,1-2H3. The molecule has 0 aromatic carbocycles. The Labute approximate surface area is 112 Å². The number of ether oxygens (including phenoxy) is 1. The summed E-state index contributed by atoms with van der Waals surface area (Å²) >= 11 is 3.03. The van der Waals surface area contributed by atoms with E-state index in [9.17, 15) is 13.6 Å². The number of esters is 1. The molecule has 18 heavy (non-hydrogen) atoms.